The Balaban J connectivity index is 2.17. The van der Waals surface area contributed by atoms with Crippen molar-refractivity contribution in [3.05, 3.63) is 47.0 Å². The number of rotatable bonds is 4. The molecule has 0 aliphatic heterocycles. The highest BCUT2D eigenvalue weighted by Crippen LogP contribution is 2.24. The molecule has 5 heteroatoms. The van der Waals surface area contributed by atoms with E-state index < -0.39 is 0 Å². The Morgan fingerprint density at radius 2 is 2.35 bits per heavy atom. The number of aryl methyl sites for hydroxylation is 1. The molecular weight excluding hydrogens is 240 g/mol. The fourth-order valence-corrected chi connectivity index (χ4v) is 1.65. The molecular formula is C12H11ClN2O2. The molecule has 0 amide bonds. The molecule has 2 rings (SSSR count). The minimum absolute atomic E-state index is 0.296. The Labute approximate surface area is 104 Å². The van der Waals surface area contributed by atoms with E-state index in [0.717, 1.165) is 5.82 Å². The highest BCUT2D eigenvalue weighted by Gasteiger charge is 2.08. The normalized spacial score (nSPS) is 10.2. The van der Waals surface area contributed by atoms with Crippen molar-refractivity contribution in [2.24, 2.45) is 7.05 Å². The van der Waals surface area contributed by atoms with Gasteiger partial charge in [-0.05, 0) is 12.1 Å². The van der Waals surface area contributed by atoms with Crippen molar-refractivity contribution >= 4 is 17.9 Å². The van der Waals surface area contributed by atoms with Crippen LogP contribution in [0.4, 0.5) is 0 Å². The number of halogens is 1. The average Bonchev–Trinajstić information content (AvgIpc) is 2.72. The molecule has 0 aliphatic carbocycles. The number of imidazole rings is 1. The molecule has 2 aromatic rings. The summed E-state index contributed by atoms with van der Waals surface area (Å²) in [6.45, 7) is 0.296. The van der Waals surface area contributed by atoms with Gasteiger partial charge in [0, 0.05) is 19.4 Å². The topological polar surface area (TPSA) is 44.1 Å². The van der Waals surface area contributed by atoms with Crippen LogP contribution in [-0.2, 0) is 13.7 Å². The van der Waals surface area contributed by atoms with Gasteiger partial charge in [-0.15, -0.1) is 0 Å². The second kappa shape index (κ2) is 5.01. The molecule has 0 spiro atoms. The van der Waals surface area contributed by atoms with E-state index in [4.69, 9.17) is 16.3 Å². The maximum Gasteiger partial charge on any atom is 0.155 e. The number of aldehydes is 1. The Morgan fingerprint density at radius 1 is 1.53 bits per heavy atom. The highest BCUT2D eigenvalue weighted by molar-refractivity contribution is 6.33. The molecule has 88 valence electrons. The Bertz CT molecular complexity index is 537. The summed E-state index contributed by atoms with van der Waals surface area (Å²) in [6.07, 6.45) is 4.21. The Morgan fingerprint density at radius 3 is 3.00 bits per heavy atom. The molecule has 17 heavy (non-hydrogen) atoms. The van der Waals surface area contributed by atoms with E-state index in [1.807, 2.05) is 17.8 Å². The second-order valence-electron chi connectivity index (χ2n) is 3.51. The highest BCUT2D eigenvalue weighted by atomic mass is 35.5. The van der Waals surface area contributed by atoms with Gasteiger partial charge in [0.2, 0.25) is 0 Å². The third-order valence-corrected chi connectivity index (χ3v) is 2.74. The van der Waals surface area contributed by atoms with Gasteiger partial charge >= 0.3 is 0 Å². The van der Waals surface area contributed by atoms with Crippen molar-refractivity contribution in [1.82, 2.24) is 9.55 Å². The number of nitrogens with zero attached hydrogens (tertiary/aromatic N) is 2. The van der Waals surface area contributed by atoms with Crippen LogP contribution < -0.4 is 4.74 Å². The number of hydrogen-bond acceptors (Lipinski definition) is 3. The minimum atomic E-state index is 0.296. The van der Waals surface area contributed by atoms with Crippen molar-refractivity contribution < 1.29 is 9.53 Å². The molecule has 0 N–H and O–H groups in total. The van der Waals surface area contributed by atoms with E-state index in [1.54, 1.807) is 24.4 Å². The maximum absolute atomic E-state index is 10.9. The Kier molecular flexibility index (Phi) is 3.44. The third kappa shape index (κ3) is 2.47. The monoisotopic (exact) mass is 250 g/mol. The van der Waals surface area contributed by atoms with E-state index in [1.165, 1.54) is 0 Å². The summed E-state index contributed by atoms with van der Waals surface area (Å²) >= 11 is 5.89. The van der Waals surface area contributed by atoms with Gasteiger partial charge in [0.15, 0.2) is 6.29 Å². The lowest BCUT2D eigenvalue weighted by Crippen LogP contribution is -2.04. The fraction of sp³-hybridized carbons (Fsp3) is 0.167. The third-order valence-electron chi connectivity index (χ3n) is 2.41. The van der Waals surface area contributed by atoms with Crippen molar-refractivity contribution in [2.45, 2.75) is 6.61 Å². The van der Waals surface area contributed by atoms with Gasteiger partial charge in [0.05, 0.1) is 10.6 Å². The average molecular weight is 251 g/mol. The summed E-state index contributed by atoms with van der Waals surface area (Å²) in [6, 6.07) is 5.10. The molecule has 0 fully saturated rings. The van der Waals surface area contributed by atoms with Crippen LogP contribution in [0.1, 0.15) is 16.2 Å². The summed E-state index contributed by atoms with van der Waals surface area (Å²) in [5, 5.41) is 0.386. The molecule has 1 aromatic carbocycles. The van der Waals surface area contributed by atoms with Gasteiger partial charge in [0.1, 0.15) is 18.2 Å². The van der Waals surface area contributed by atoms with Crippen LogP contribution in [0, 0.1) is 0 Å². The van der Waals surface area contributed by atoms with E-state index in [-0.39, 0.29) is 0 Å². The van der Waals surface area contributed by atoms with E-state index in [0.29, 0.717) is 29.2 Å². The maximum atomic E-state index is 10.9. The molecule has 0 radical (unpaired) electrons. The number of carbonyl (C=O) groups is 1. The lowest BCUT2D eigenvalue weighted by Gasteiger charge is -2.09. The van der Waals surface area contributed by atoms with Crippen molar-refractivity contribution in [3.8, 4) is 5.75 Å². The zero-order valence-corrected chi connectivity index (χ0v) is 10.0. The lowest BCUT2D eigenvalue weighted by molar-refractivity contribution is 0.111. The van der Waals surface area contributed by atoms with Crippen LogP contribution in [-0.4, -0.2) is 15.8 Å². The molecule has 0 unspecified atom stereocenters. The van der Waals surface area contributed by atoms with E-state index in [2.05, 4.69) is 4.98 Å². The molecule has 4 nitrogen and oxygen atoms in total. The predicted molar refractivity (Wildman–Crippen MR) is 64.4 cm³/mol. The van der Waals surface area contributed by atoms with E-state index in [9.17, 15) is 4.79 Å². The summed E-state index contributed by atoms with van der Waals surface area (Å²) in [5.41, 5.74) is 0.364. The number of hydrogen-bond donors (Lipinski definition) is 0. The van der Waals surface area contributed by atoms with Gasteiger partial charge < -0.3 is 9.30 Å². The Hall–Kier alpha value is -1.81. The SMILES string of the molecule is Cn1ccnc1COc1cccc(Cl)c1C=O. The van der Waals surface area contributed by atoms with Crippen molar-refractivity contribution in [3.63, 3.8) is 0 Å². The molecule has 1 heterocycles. The zero-order valence-electron chi connectivity index (χ0n) is 9.26. The van der Waals surface area contributed by atoms with Crippen molar-refractivity contribution in [2.75, 3.05) is 0 Å². The summed E-state index contributed by atoms with van der Waals surface area (Å²) < 4.78 is 7.39. The predicted octanol–water partition coefficient (Wildman–Crippen LogP) is 2.47. The molecule has 0 saturated heterocycles. The zero-order chi connectivity index (χ0) is 12.3. The first-order chi connectivity index (χ1) is 8.22. The summed E-state index contributed by atoms with van der Waals surface area (Å²) in [7, 11) is 1.88. The van der Waals surface area contributed by atoms with Crippen LogP contribution in [0.3, 0.4) is 0 Å². The number of carbonyl (C=O) groups excluding carboxylic acids is 1. The van der Waals surface area contributed by atoms with Crippen LogP contribution in [0.2, 0.25) is 5.02 Å². The number of aromatic nitrogens is 2. The fourth-order valence-electron chi connectivity index (χ4n) is 1.44. The van der Waals surface area contributed by atoms with Gasteiger partial charge in [-0.3, -0.25) is 4.79 Å². The summed E-state index contributed by atoms with van der Waals surface area (Å²) in [5.74, 6) is 1.25. The number of ether oxygens (including phenoxy) is 1. The summed E-state index contributed by atoms with van der Waals surface area (Å²) in [4.78, 5) is 15.0. The number of benzene rings is 1. The van der Waals surface area contributed by atoms with Gasteiger partial charge in [-0.25, -0.2) is 4.98 Å². The molecule has 0 saturated carbocycles. The van der Waals surface area contributed by atoms with E-state index >= 15 is 0 Å². The van der Waals surface area contributed by atoms with Crippen LogP contribution >= 0.6 is 11.6 Å². The molecule has 0 aliphatic rings. The standard InChI is InChI=1S/C12H11ClN2O2/c1-15-6-5-14-12(15)8-17-11-4-2-3-10(13)9(11)7-16/h2-7H,8H2,1H3. The quantitative estimate of drug-likeness (QED) is 0.783. The largest absolute Gasteiger partial charge is 0.485 e. The van der Waals surface area contributed by atoms with Crippen molar-refractivity contribution in [1.29, 1.82) is 0 Å². The van der Waals surface area contributed by atoms with Crippen LogP contribution in [0.25, 0.3) is 0 Å². The first-order valence-electron chi connectivity index (χ1n) is 5.05. The van der Waals surface area contributed by atoms with Gasteiger partial charge in [0.25, 0.3) is 0 Å². The molecule has 0 atom stereocenters. The smallest absolute Gasteiger partial charge is 0.155 e. The first kappa shape index (κ1) is 11.7. The van der Waals surface area contributed by atoms with Crippen LogP contribution in [0.15, 0.2) is 30.6 Å². The molecule has 0 bridgehead atoms. The second-order valence-corrected chi connectivity index (χ2v) is 3.92. The molecule has 1 aromatic heterocycles. The van der Waals surface area contributed by atoms with Crippen LogP contribution in [0.5, 0.6) is 5.75 Å². The lowest BCUT2D eigenvalue weighted by atomic mass is 10.2. The van der Waals surface area contributed by atoms with Gasteiger partial charge in [-0.2, -0.15) is 0 Å². The first-order valence-corrected chi connectivity index (χ1v) is 5.43. The minimum Gasteiger partial charge on any atom is -0.485 e. The van der Waals surface area contributed by atoms with Gasteiger partial charge in [-0.1, -0.05) is 17.7 Å².